The maximum Gasteiger partial charge on any atom is 0.280 e. The van der Waals surface area contributed by atoms with Crippen LogP contribution in [0.15, 0.2) is 27.5 Å². The summed E-state index contributed by atoms with van der Waals surface area (Å²) in [6, 6.07) is 0. The first-order valence-electron chi connectivity index (χ1n) is 9.37. The maximum atomic E-state index is 13.2. The van der Waals surface area contributed by atoms with Crippen LogP contribution < -0.4 is 10.5 Å². The highest BCUT2D eigenvalue weighted by atomic mass is 32.2. The fourth-order valence-electron chi connectivity index (χ4n) is 3.40. The molecule has 28 heavy (non-hydrogen) atoms. The molecule has 3 aromatic rings. The molecule has 1 aliphatic rings. The molecular weight excluding hydrogens is 374 g/mol. The number of hydrogen-bond acceptors (Lipinski definition) is 6. The van der Waals surface area contributed by atoms with Crippen LogP contribution in [-0.4, -0.2) is 41.7 Å². The number of aromatic nitrogens is 6. The second kappa shape index (κ2) is 7.72. The van der Waals surface area contributed by atoms with Crippen LogP contribution in [0.1, 0.15) is 26.2 Å². The lowest BCUT2D eigenvalue weighted by Gasteiger charge is -2.27. The maximum absolute atomic E-state index is 13.2. The Kier molecular flexibility index (Phi) is 5.13. The van der Waals surface area contributed by atoms with E-state index in [1.807, 2.05) is 22.4 Å². The molecule has 0 amide bonds. The predicted molar refractivity (Wildman–Crippen MR) is 110 cm³/mol. The van der Waals surface area contributed by atoms with Crippen LogP contribution >= 0.6 is 11.8 Å². The molecule has 0 unspecified atom stereocenters. The standard InChI is InChI=1S/C19H23N7OS/c1-4-5-12-26-14-15(21-17(26)25-10-7-6-8-11-25)22-19(24(3)16(14)27)28-18-20-9-13-23(18)2/h9,13H,6-8,10-12H2,1-3H3. The SMILES string of the molecule is CC#CCn1c(N2CCCCC2)nc2nc(Sc3nccn3C)n(C)c(=O)c21. The van der Waals surface area contributed by atoms with Crippen molar-refractivity contribution in [1.82, 2.24) is 28.7 Å². The summed E-state index contributed by atoms with van der Waals surface area (Å²) >= 11 is 1.36. The van der Waals surface area contributed by atoms with Gasteiger partial charge in [-0.1, -0.05) is 5.92 Å². The van der Waals surface area contributed by atoms with Crippen molar-refractivity contribution in [3.63, 3.8) is 0 Å². The lowest BCUT2D eigenvalue weighted by atomic mass is 10.1. The number of fused-ring (bicyclic) bond motifs is 1. The van der Waals surface area contributed by atoms with E-state index in [1.54, 1.807) is 24.7 Å². The van der Waals surface area contributed by atoms with Gasteiger partial charge in [0, 0.05) is 39.6 Å². The Balaban J connectivity index is 1.86. The number of piperidine rings is 1. The fourth-order valence-corrected chi connectivity index (χ4v) is 4.23. The van der Waals surface area contributed by atoms with Gasteiger partial charge in [0.15, 0.2) is 21.5 Å². The van der Waals surface area contributed by atoms with Gasteiger partial charge < -0.3 is 9.47 Å². The average molecular weight is 398 g/mol. The second-order valence-electron chi connectivity index (χ2n) is 6.83. The van der Waals surface area contributed by atoms with E-state index < -0.39 is 0 Å². The number of imidazole rings is 2. The normalized spacial score (nSPS) is 14.3. The van der Waals surface area contributed by atoms with Crippen molar-refractivity contribution in [2.75, 3.05) is 18.0 Å². The van der Waals surface area contributed by atoms with Crippen molar-refractivity contribution in [1.29, 1.82) is 0 Å². The Morgan fingerprint density at radius 2 is 1.93 bits per heavy atom. The third-order valence-corrected chi connectivity index (χ3v) is 6.06. The number of hydrogen-bond donors (Lipinski definition) is 0. The van der Waals surface area contributed by atoms with Gasteiger partial charge in [0.1, 0.15) is 0 Å². The summed E-state index contributed by atoms with van der Waals surface area (Å²) in [7, 11) is 3.65. The molecule has 0 bridgehead atoms. The molecule has 8 nitrogen and oxygen atoms in total. The van der Waals surface area contributed by atoms with Crippen LogP contribution in [0, 0.1) is 11.8 Å². The number of aryl methyl sites for hydroxylation is 1. The van der Waals surface area contributed by atoms with Gasteiger partial charge in [0.25, 0.3) is 5.56 Å². The van der Waals surface area contributed by atoms with Crippen molar-refractivity contribution in [2.24, 2.45) is 14.1 Å². The summed E-state index contributed by atoms with van der Waals surface area (Å²) < 4.78 is 5.39. The third-order valence-electron chi connectivity index (χ3n) is 4.94. The largest absolute Gasteiger partial charge is 0.342 e. The molecular formula is C19H23N7OS. The smallest absolute Gasteiger partial charge is 0.280 e. The molecule has 0 spiro atoms. The molecule has 0 N–H and O–H groups in total. The van der Waals surface area contributed by atoms with E-state index in [9.17, 15) is 4.79 Å². The van der Waals surface area contributed by atoms with Crippen LogP contribution in [0.4, 0.5) is 5.95 Å². The first-order chi connectivity index (χ1) is 13.6. The third kappa shape index (κ3) is 3.29. The summed E-state index contributed by atoms with van der Waals surface area (Å²) in [6.07, 6.45) is 7.09. The van der Waals surface area contributed by atoms with E-state index in [0.29, 0.717) is 22.9 Å². The molecule has 9 heteroatoms. The molecule has 1 aliphatic heterocycles. The highest BCUT2D eigenvalue weighted by Gasteiger charge is 2.23. The molecule has 0 radical (unpaired) electrons. The van der Waals surface area contributed by atoms with Crippen LogP contribution in [0.3, 0.4) is 0 Å². The predicted octanol–water partition coefficient (Wildman–Crippen LogP) is 2.03. The van der Waals surface area contributed by atoms with Crippen molar-refractivity contribution >= 4 is 28.9 Å². The van der Waals surface area contributed by atoms with Crippen LogP contribution in [-0.2, 0) is 20.6 Å². The summed E-state index contributed by atoms with van der Waals surface area (Å²) in [4.78, 5) is 29.2. The lowest BCUT2D eigenvalue weighted by Crippen LogP contribution is -2.32. The Labute approximate surface area is 167 Å². The average Bonchev–Trinajstić information content (AvgIpc) is 3.28. The minimum Gasteiger partial charge on any atom is -0.342 e. The zero-order valence-corrected chi connectivity index (χ0v) is 17.2. The zero-order chi connectivity index (χ0) is 19.7. The lowest BCUT2D eigenvalue weighted by molar-refractivity contribution is 0.561. The van der Waals surface area contributed by atoms with E-state index in [2.05, 4.69) is 21.7 Å². The topological polar surface area (TPSA) is 73.8 Å². The number of anilines is 1. The van der Waals surface area contributed by atoms with Gasteiger partial charge >= 0.3 is 0 Å². The summed E-state index contributed by atoms with van der Waals surface area (Å²) in [5.41, 5.74) is 0.865. The molecule has 4 heterocycles. The minimum absolute atomic E-state index is 0.115. The quantitative estimate of drug-likeness (QED) is 0.495. The Bertz CT molecular complexity index is 1130. The monoisotopic (exact) mass is 397 g/mol. The molecule has 3 aromatic heterocycles. The summed E-state index contributed by atoms with van der Waals surface area (Å²) in [5, 5.41) is 1.35. The van der Waals surface area contributed by atoms with Gasteiger partial charge in [0.2, 0.25) is 5.95 Å². The molecule has 0 aliphatic carbocycles. The summed E-state index contributed by atoms with van der Waals surface area (Å²) in [5.74, 6) is 6.79. The van der Waals surface area contributed by atoms with Crippen molar-refractivity contribution < 1.29 is 0 Å². The molecule has 0 saturated carbocycles. The van der Waals surface area contributed by atoms with Gasteiger partial charge in [-0.25, -0.2) is 9.97 Å². The van der Waals surface area contributed by atoms with E-state index >= 15 is 0 Å². The molecule has 1 fully saturated rings. The second-order valence-corrected chi connectivity index (χ2v) is 7.76. The molecule has 0 atom stereocenters. The van der Waals surface area contributed by atoms with Gasteiger partial charge in [-0.2, -0.15) is 4.98 Å². The van der Waals surface area contributed by atoms with Gasteiger partial charge in [-0.3, -0.25) is 13.9 Å². The fraction of sp³-hybridized carbons (Fsp3) is 0.474. The van der Waals surface area contributed by atoms with Crippen LogP contribution in [0.2, 0.25) is 0 Å². The van der Waals surface area contributed by atoms with E-state index in [-0.39, 0.29) is 5.56 Å². The Hall–Kier alpha value is -2.73. The molecule has 146 valence electrons. The number of rotatable bonds is 4. The first kappa shape index (κ1) is 18.6. The van der Waals surface area contributed by atoms with Crippen LogP contribution in [0.5, 0.6) is 0 Å². The van der Waals surface area contributed by atoms with Crippen molar-refractivity contribution in [3.8, 4) is 11.8 Å². The molecule has 4 rings (SSSR count). The van der Waals surface area contributed by atoms with E-state index in [4.69, 9.17) is 9.97 Å². The van der Waals surface area contributed by atoms with E-state index in [0.717, 1.165) is 37.0 Å². The molecule has 1 saturated heterocycles. The van der Waals surface area contributed by atoms with Gasteiger partial charge in [-0.15, -0.1) is 5.92 Å². The van der Waals surface area contributed by atoms with E-state index in [1.165, 1.54) is 18.2 Å². The highest BCUT2D eigenvalue weighted by Crippen LogP contribution is 2.27. The molecule has 0 aromatic carbocycles. The minimum atomic E-state index is -0.115. The van der Waals surface area contributed by atoms with Crippen molar-refractivity contribution in [3.05, 3.63) is 22.7 Å². The Morgan fingerprint density at radius 3 is 2.61 bits per heavy atom. The van der Waals surface area contributed by atoms with Gasteiger partial charge in [0.05, 0.1) is 6.54 Å². The highest BCUT2D eigenvalue weighted by molar-refractivity contribution is 7.99. The summed E-state index contributed by atoms with van der Waals surface area (Å²) in [6.45, 7) is 4.12. The van der Waals surface area contributed by atoms with Crippen LogP contribution in [0.25, 0.3) is 11.2 Å². The first-order valence-corrected chi connectivity index (χ1v) is 10.2. The zero-order valence-electron chi connectivity index (χ0n) is 16.3. The van der Waals surface area contributed by atoms with Crippen molar-refractivity contribution in [2.45, 2.75) is 43.0 Å². The number of nitrogens with zero attached hydrogens (tertiary/aromatic N) is 7. The Morgan fingerprint density at radius 1 is 1.14 bits per heavy atom. The van der Waals surface area contributed by atoms with Gasteiger partial charge in [-0.05, 0) is 37.9 Å².